The first-order valence-corrected chi connectivity index (χ1v) is 8.73. The van der Waals surface area contributed by atoms with E-state index in [4.69, 9.17) is 0 Å². The van der Waals surface area contributed by atoms with Crippen molar-refractivity contribution in [3.8, 4) is 0 Å². The van der Waals surface area contributed by atoms with Gasteiger partial charge in [0.2, 0.25) is 0 Å². The van der Waals surface area contributed by atoms with Crippen LogP contribution in [0, 0.1) is 6.92 Å². The second-order valence-corrected chi connectivity index (χ2v) is 7.18. The van der Waals surface area contributed by atoms with Crippen molar-refractivity contribution in [2.75, 3.05) is 11.8 Å². The summed E-state index contributed by atoms with van der Waals surface area (Å²) in [6.07, 6.45) is 0. The number of amides is 1. The quantitative estimate of drug-likeness (QED) is 0.853. The van der Waals surface area contributed by atoms with Crippen LogP contribution in [0.3, 0.4) is 0 Å². The molecule has 1 amide bonds. The summed E-state index contributed by atoms with van der Waals surface area (Å²) >= 11 is 3.33. The van der Waals surface area contributed by atoms with Gasteiger partial charge in [-0.3, -0.25) is 9.52 Å². The van der Waals surface area contributed by atoms with Crippen molar-refractivity contribution in [1.82, 2.24) is 5.32 Å². The van der Waals surface area contributed by atoms with Crippen LogP contribution < -0.4 is 10.0 Å². The number of hydrogen-bond acceptors (Lipinski definition) is 3. The first kappa shape index (κ1) is 16.5. The highest BCUT2D eigenvalue weighted by Crippen LogP contribution is 2.23. The minimum Gasteiger partial charge on any atom is -0.355 e. The van der Waals surface area contributed by atoms with E-state index in [0.717, 1.165) is 10.0 Å². The molecule has 0 bridgehead atoms. The third kappa shape index (κ3) is 3.48. The van der Waals surface area contributed by atoms with Gasteiger partial charge in [0.15, 0.2) is 0 Å². The Balaban J connectivity index is 2.41. The van der Waals surface area contributed by atoms with Crippen molar-refractivity contribution in [1.29, 1.82) is 0 Å². The molecule has 0 saturated heterocycles. The number of anilines is 1. The van der Waals surface area contributed by atoms with Crippen molar-refractivity contribution >= 4 is 37.5 Å². The van der Waals surface area contributed by atoms with Crippen LogP contribution >= 0.6 is 15.9 Å². The third-order valence-corrected chi connectivity index (χ3v) is 5.34. The summed E-state index contributed by atoms with van der Waals surface area (Å²) in [6.45, 7) is 1.81. The number of sulfonamides is 1. The van der Waals surface area contributed by atoms with E-state index >= 15 is 0 Å². The molecular formula is C15H15BrN2O3S. The van der Waals surface area contributed by atoms with Crippen molar-refractivity contribution < 1.29 is 13.2 Å². The van der Waals surface area contributed by atoms with E-state index in [2.05, 4.69) is 26.0 Å². The van der Waals surface area contributed by atoms with Gasteiger partial charge in [-0.25, -0.2) is 8.42 Å². The van der Waals surface area contributed by atoms with Crippen LogP contribution in [0.15, 0.2) is 51.8 Å². The van der Waals surface area contributed by atoms with E-state index in [0.29, 0.717) is 0 Å². The summed E-state index contributed by atoms with van der Waals surface area (Å²) in [5.74, 6) is -0.356. The second kappa shape index (κ2) is 6.50. The van der Waals surface area contributed by atoms with E-state index in [1.807, 2.05) is 6.92 Å². The summed E-state index contributed by atoms with van der Waals surface area (Å²) in [5.41, 5.74) is 1.31. The van der Waals surface area contributed by atoms with Gasteiger partial charge in [-0.2, -0.15) is 0 Å². The highest BCUT2D eigenvalue weighted by Gasteiger charge is 2.18. The summed E-state index contributed by atoms with van der Waals surface area (Å²) in [4.78, 5) is 11.9. The molecule has 2 rings (SSSR count). The highest BCUT2D eigenvalue weighted by atomic mass is 79.9. The zero-order chi connectivity index (χ0) is 16.3. The van der Waals surface area contributed by atoms with Gasteiger partial charge in [-0.1, -0.05) is 28.1 Å². The predicted octanol–water partition coefficient (Wildman–Crippen LogP) is 2.92. The maximum Gasteiger partial charge on any atom is 0.261 e. The number of halogens is 1. The van der Waals surface area contributed by atoms with E-state index in [1.54, 1.807) is 36.4 Å². The van der Waals surface area contributed by atoms with Crippen molar-refractivity contribution in [3.05, 3.63) is 58.1 Å². The van der Waals surface area contributed by atoms with Crippen molar-refractivity contribution in [2.24, 2.45) is 0 Å². The molecule has 0 radical (unpaired) electrons. The lowest BCUT2D eigenvalue weighted by Crippen LogP contribution is -2.21. The molecule has 0 heterocycles. The Morgan fingerprint density at radius 3 is 2.45 bits per heavy atom. The Bertz CT molecular complexity index is 819. The molecule has 0 aromatic heterocycles. The molecule has 0 atom stereocenters. The molecule has 0 saturated carbocycles. The van der Waals surface area contributed by atoms with Gasteiger partial charge in [0.1, 0.15) is 0 Å². The molecule has 0 aliphatic carbocycles. The highest BCUT2D eigenvalue weighted by molar-refractivity contribution is 9.10. The van der Waals surface area contributed by atoms with Crippen LogP contribution in [0.25, 0.3) is 0 Å². The van der Waals surface area contributed by atoms with Crippen LogP contribution in [0.1, 0.15) is 15.9 Å². The van der Waals surface area contributed by atoms with Gasteiger partial charge < -0.3 is 5.32 Å². The summed E-state index contributed by atoms with van der Waals surface area (Å²) in [7, 11) is -2.28. The molecule has 0 aliphatic rings. The zero-order valence-electron chi connectivity index (χ0n) is 12.1. The van der Waals surface area contributed by atoms with Crippen molar-refractivity contribution in [2.45, 2.75) is 11.8 Å². The maximum atomic E-state index is 12.5. The van der Waals surface area contributed by atoms with E-state index in [-0.39, 0.29) is 22.1 Å². The first-order valence-electron chi connectivity index (χ1n) is 6.45. The molecular weight excluding hydrogens is 368 g/mol. The Morgan fingerprint density at radius 2 is 1.82 bits per heavy atom. The number of carbonyl (C=O) groups is 1. The topological polar surface area (TPSA) is 75.3 Å². The van der Waals surface area contributed by atoms with Gasteiger partial charge in [0, 0.05) is 11.5 Å². The molecule has 0 unspecified atom stereocenters. The SMILES string of the molecule is CNC(=O)c1ccccc1NS(=O)(=O)c1ccc(Br)c(C)c1. The molecule has 0 aliphatic heterocycles. The smallest absolute Gasteiger partial charge is 0.261 e. The predicted molar refractivity (Wildman–Crippen MR) is 89.5 cm³/mol. The molecule has 22 heavy (non-hydrogen) atoms. The molecule has 5 nitrogen and oxygen atoms in total. The number of benzene rings is 2. The van der Waals surface area contributed by atoms with Gasteiger partial charge in [-0.05, 0) is 42.8 Å². The lowest BCUT2D eigenvalue weighted by Gasteiger charge is -2.12. The van der Waals surface area contributed by atoms with Crippen LogP contribution in [0.5, 0.6) is 0 Å². The molecule has 2 aromatic rings. The van der Waals surface area contributed by atoms with Gasteiger partial charge in [0.25, 0.3) is 15.9 Å². The number of nitrogens with one attached hydrogen (secondary N) is 2. The Hall–Kier alpha value is -1.86. The Morgan fingerprint density at radius 1 is 1.14 bits per heavy atom. The fourth-order valence-corrected chi connectivity index (χ4v) is 3.30. The molecule has 7 heteroatoms. The molecule has 2 N–H and O–H groups in total. The number of para-hydroxylation sites is 1. The van der Waals surface area contributed by atoms with Crippen LogP contribution in [-0.2, 0) is 10.0 Å². The monoisotopic (exact) mass is 382 g/mol. The molecule has 2 aromatic carbocycles. The van der Waals surface area contributed by atoms with Crippen LogP contribution in [0.4, 0.5) is 5.69 Å². The summed E-state index contributed by atoms with van der Waals surface area (Å²) in [5, 5.41) is 2.48. The van der Waals surface area contributed by atoms with Gasteiger partial charge >= 0.3 is 0 Å². The lowest BCUT2D eigenvalue weighted by molar-refractivity contribution is 0.0964. The van der Waals surface area contributed by atoms with E-state index in [9.17, 15) is 13.2 Å². The second-order valence-electron chi connectivity index (χ2n) is 4.64. The van der Waals surface area contributed by atoms with E-state index in [1.165, 1.54) is 13.1 Å². The average Bonchev–Trinajstić information content (AvgIpc) is 2.49. The van der Waals surface area contributed by atoms with E-state index < -0.39 is 10.0 Å². The third-order valence-electron chi connectivity index (χ3n) is 3.08. The summed E-state index contributed by atoms with van der Waals surface area (Å²) in [6, 6.07) is 11.2. The Kier molecular flexibility index (Phi) is 4.87. The summed E-state index contributed by atoms with van der Waals surface area (Å²) < 4.78 is 28.2. The number of aryl methyl sites for hydroxylation is 1. The standard InChI is InChI=1S/C15H15BrN2O3S/c1-10-9-11(7-8-13(10)16)22(20,21)18-14-6-4-3-5-12(14)15(19)17-2/h3-9,18H,1-2H3,(H,17,19). The lowest BCUT2D eigenvalue weighted by atomic mass is 10.2. The fourth-order valence-electron chi connectivity index (χ4n) is 1.89. The van der Waals surface area contributed by atoms with Crippen LogP contribution in [-0.4, -0.2) is 21.4 Å². The van der Waals surface area contributed by atoms with Gasteiger partial charge in [-0.15, -0.1) is 0 Å². The largest absolute Gasteiger partial charge is 0.355 e. The normalized spacial score (nSPS) is 11.0. The minimum atomic E-state index is -3.77. The Labute approximate surface area is 137 Å². The fraction of sp³-hybridized carbons (Fsp3) is 0.133. The molecule has 0 spiro atoms. The van der Waals surface area contributed by atoms with Gasteiger partial charge in [0.05, 0.1) is 16.1 Å². The number of hydrogen-bond donors (Lipinski definition) is 2. The first-order chi connectivity index (χ1) is 10.3. The van der Waals surface area contributed by atoms with Crippen molar-refractivity contribution in [3.63, 3.8) is 0 Å². The van der Waals surface area contributed by atoms with Crippen LogP contribution in [0.2, 0.25) is 0 Å². The molecule has 116 valence electrons. The number of rotatable bonds is 4. The average molecular weight is 383 g/mol. The maximum absolute atomic E-state index is 12.5. The zero-order valence-corrected chi connectivity index (χ0v) is 14.5. The minimum absolute atomic E-state index is 0.139. The molecule has 0 fully saturated rings. The number of carbonyl (C=O) groups excluding carboxylic acids is 1.